The van der Waals surface area contributed by atoms with E-state index in [9.17, 15) is 13.2 Å². The maximum absolute atomic E-state index is 13.0. The smallest absolute Gasteiger partial charge is 0.254 e. The fraction of sp³-hybridized carbons (Fsp3) is 0.650. The summed E-state index contributed by atoms with van der Waals surface area (Å²) in [6.45, 7) is 6.69. The molecule has 0 bridgehead atoms. The minimum Gasteiger partial charge on any atom is -0.339 e. The van der Waals surface area contributed by atoms with Gasteiger partial charge >= 0.3 is 0 Å². The Morgan fingerprint density at radius 1 is 1.00 bits per heavy atom. The molecule has 0 aromatic heterocycles. The number of carbonyl (C=O) groups excluding carboxylic acids is 1. The summed E-state index contributed by atoms with van der Waals surface area (Å²) in [5.74, 6) is 0.536. The van der Waals surface area contributed by atoms with Gasteiger partial charge in [-0.2, -0.15) is 4.31 Å². The zero-order chi connectivity index (χ0) is 18.7. The Bertz CT molecular complexity index is 744. The van der Waals surface area contributed by atoms with E-state index in [0.29, 0.717) is 24.6 Å². The molecule has 0 saturated carbocycles. The first-order valence-electron chi connectivity index (χ1n) is 9.79. The Balaban J connectivity index is 1.86. The number of sulfonamides is 1. The third kappa shape index (κ3) is 4.12. The number of aryl methyl sites for hydroxylation is 1. The summed E-state index contributed by atoms with van der Waals surface area (Å²) in [6.07, 6.45) is 6.15. The molecule has 5 nitrogen and oxygen atoms in total. The Morgan fingerprint density at radius 2 is 1.62 bits per heavy atom. The summed E-state index contributed by atoms with van der Waals surface area (Å²) >= 11 is 0. The third-order valence-electron chi connectivity index (χ3n) is 5.71. The second-order valence-electron chi connectivity index (χ2n) is 7.77. The second kappa shape index (κ2) is 8.09. The van der Waals surface area contributed by atoms with Crippen LogP contribution in [0, 0.1) is 12.8 Å². The molecule has 6 heteroatoms. The van der Waals surface area contributed by atoms with E-state index in [-0.39, 0.29) is 10.8 Å². The summed E-state index contributed by atoms with van der Waals surface area (Å²) in [6, 6.07) is 5.00. The normalized spacial score (nSPS) is 20.8. The first-order chi connectivity index (χ1) is 12.4. The Kier molecular flexibility index (Phi) is 6.03. The largest absolute Gasteiger partial charge is 0.339 e. The SMILES string of the molecule is Cc1ccc(S(=O)(=O)N2CCC(C)CC2)cc1C(=O)N1CCCCCC1. The molecule has 0 spiro atoms. The number of hydrogen-bond acceptors (Lipinski definition) is 3. The number of likely N-dealkylation sites (tertiary alicyclic amines) is 1. The van der Waals surface area contributed by atoms with Gasteiger partial charge in [0.25, 0.3) is 5.91 Å². The molecule has 0 N–H and O–H groups in total. The molecule has 2 aliphatic rings. The van der Waals surface area contributed by atoms with Gasteiger partial charge in [-0.1, -0.05) is 25.8 Å². The van der Waals surface area contributed by atoms with E-state index in [1.54, 1.807) is 22.5 Å². The minimum atomic E-state index is -3.53. The number of nitrogens with zero attached hydrogens (tertiary/aromatic N) is 2. The molecule has 1 aromatic carbocycles. The van der Waals surface area contributed by atoms with Crippen LogP contribution in [-0.2, 0) is 10.0 Å². The summed E-state index contributed by atoms with van der Waals surface area (Å²) in [5, 5.41) is 0. The molecule has 144 valence electrons. The van der Waals surface area contributed by atoms with Crippen LogP contribution in [-0.4, -0.2) is 49.7 Å². The van der Waals surface area contributed by atoms with Gasteiger partial charge in [-0.05, 0) is 56.2 Å². The number of hydrogen-bond donors (Lipinski definition) is 0. The maximum atomic E-state index is 13.0. The van der Waals surface area contributed by atoms with Gasteiger partial charge in [0, 0.05) is 31.7 Å². The lowest BCUT2D eigenvalue weighted by Crippen LogP contribution is -2.38. The first kappa shape index (κ1) is 19.4. The van der Waals surface area contributed by atoms with Crippen molar-refractivity contribution >= 4 is 15.9 Å². The Morgan fingerprint density at radius 3 is 2.23 bits per heavy atom. The van der Waals surface area contributed by atoms with Gasteiger partial charge in [0.2, 0.25) is 10.0 Å². The van der Waals surface area contributed by atoms with Gasteiger partial charge in [0.05, 0.1) is 4.90 Å². The van der Waals surface area contributed by atoms with Crippen molar-refractivity contribution < 1.29 is 13.2 Å². The molecule has 3 rings (SSSR count). The van der Waals surface area contributed by atoms with Crippen molar-refractivity contribution in [2.45, 2.75) is 57.3 Å². The molecule has 2 fully saturated rings. The quantitative estimate of drug-likeness (QED) is 0.810. The topological polar surface area (TPSA) is 57.7 Å². The van der Waals surface area contributed by atoms with Crippen molar-refractivity contribution in [2.24, 2.45) is 5.92 Å². The summed E-state index contributed by atoms with van der Waals surface area (Å²) in [7, 11) is -3.53. The highest BCUT2D eigenvalue weighted by Crippen LogP contribution is 2.26. The van der Waals surface area contributed by atoms with E-state index < -0.39 is 10.0 Å². The fourth-order valence-corrected chi connectivity index (χ4v) is 5.31. The third-order valence-corrected chi connectivity index (χ3v) is 7.61. The molecule has 0 radical (unpaired) electrons. The predicted octanol–water partition coefficient (Wildman–Crippen LogP) is 3.43. The van der Waals surface area contributed by atoms with E-state index >= 15 is 0 Å². The highest BCUT2D eigenvalue weighted by Gasteiger charge is 2.29. The average Bonchev–Trinajstić information content (AvgIpc) is 2.91. The molecular formula is C20H30N2O3S. The van der Waals surface area contributed by atoms with Crippen molar-refractivity contribution in [1.82, 2.24) is 9.21 Å². The molecule has 26 heavy (non-hydrogen) atoms. The molecular weight excluding hydrogens is 348 g/mol. The first-order valence-corrected chi connectivity index (χ1v) is 11.2. The summed E-state index contributed by atoms with van der Waals surface area (Å²) in [5.41, 5.74) is 1.36. The monoisotopic (exact) mass is 378 g/mol. The molecule has 2 aliphatic heterocycles. The van der Waals surface area contributed by atoms with Crippen molar-refractivity contribution in [3.8, 4) is 0 Å². The van der Waals surface area contributed by atoms with Gasteiger partial charge in [0.15, 0.2) is 0 Å². The van der Waals surface area contributed by atoms with Crippen LogP contribution in [0.3, 0.4) is 0 Å². The number of carbonyl (C=O) groups is 1. The summed E-state index contributed by atoms with van der Waals surface area (Å²) in [4.78, 5) is 15.1. The lowest BCUT2D eigenvalue weighted by atomic mass is 10.0. The van der Waals surface area contributed by atoms with Crippen LogP contribution >= 0.6 is 0 Å². The number of amides is 1. The van der Waals surface area contributed by atoms with Crippen LogP contribution in [0.5, 0.6) is 0 Å². The van der Waals surface area contributed by atoms with E-state index in [4.69, 9.17) is 0 Å². The van der Waals surface area contributed by atoms with Gasteiger partial charge in [-0.3, -0.25) is 4.79 Å². The lowest BCUT2D eigenvalue weighted by Gasteiger charge is -2.29. The van der Waals surface area contributed by atoms with Crippen molar-refractivity contribution in [2.75, 3.05) is 26.2 Å². The molecule has 2 saturated heterocycles. The van der Waals surface area contributed by atoms with E-state index in [0.717, 1.165) is 57.2 Å². The number of benzene rings is 1. The van der Waals surface area contributed by atoms with Gasteiger partial charge in [-0.15, -0.1) is 0 Å². The predicted molar refractivity (Wildman–Crippen MR) is 103 cm³/mol. The van der Waals surface area contributed by atoms with E-state index in [2.05, 4.69) is 6.92 Å². The van der Waals surface area contributed by atoms with Crippen molar-refractivity contribution in [1.29, 1.82) is 0 Å². The van der Waals surface area contributed by atoms with E-state index in [1.807, 2.05) is 11.8 Å². The molecule has 1 amide bonds. The zero-order valence-electron chi connectivity index (χ0n) is 15.9. The number of piperidine rings is 1. The average molecular weight is 379 g/mol. The van der Waals surface area contributed by atoms with Crippen LogP contribution < -0.4 is 0 Å². The maximum Gasteiger partial charge on any atom is 0.254 e. The highest BCUT2D eigenvalue weighted by molar-refractivity contribution is 7.89. The molecule has 0 atom stereocenters. The zero-order valence-corrected chi connectivity index (χ0v) is 16.7. The van der Waals surface area contributed by atoms with Crippen molar-refractivity contribution in [3.63, 3.8) is 0 Å². The minimum absolute atomic E-state index is 0.0336. The highest BCUT2D eigenvalue weighted by atomic mass is 32.2. The van der Waals surface area contributed by atoms with Crippen LogP contribution in [0.25, 0.3) is 0 Å². The van der Waals surface area contributed by atoms with Crippen LogP contribution in [0.2, 0.25) is 0 Å². The summed E-state index contributed by atoms with van der Waals surface area (Å²) < 4.78 is 27.6. The molecule has 1 aromatic rings. The lowest BCUT2D eigenvalue weighted by molar-refractivity contribution is 0.0760. The molecule has 2 heterocycles. The van der Waals surface area contributed by atoms with Crippen LogP contribution in [0.1, 0.15) is 61.4 Å². The molecule has 0 aliphatic carbocycles. The second-order valence-corrected chi connectivity index (χ2v) is 9.71. The van der Waals surface area contributed by atoms with Crippen molar-refractivity contribution in [3.05, 3.63) is 29.3 Å². The molecule has 0 unspecified atom stereocenters. The van der Waals surface area contributed by atoms with Gasteiger partial charge in [0.1, 0.15) is 0 Å². The van der Waals surface area contributed by atoms with Crippen LogP contribution in [0.4, 0.5) is 0 Å². The standard InChI is InChI=1S/C20H30N2O3S/c1-16-9-13-22(14-10-16)26(24,25)18-8-7-17(2)19(15-18)20(23)21-11-5-3-4-6-12-21/h7-8,15-16H,3-6,9-14H2,1-2H3. The van der Waals surface area contributed by atoms with E-state index in [1.165, 1.54) is 0 Å². The van der Waals surface area contributed by atoms with Gasteiger partial charge < -0.3 is 4.90 Å². The number of rotatable bonds is 3. The van der Waals surface area contributed by atoms with Gasteiger partial charge in [-0.25, -0.2) is 8.42 Å². The van der Waals surface area contributed by atoms with Crippen LogP contribution in [0.15, 0.2) is 23.1 Å². The Labute approximate surface area is 157 Å². The Hall–Kier alpha value is -1.40. The fourth-order valence-electron chi connectivity index (χ4n) is 3.81.